The van der Waals surface area contributed by atoms with Crippen LogP contribution < -0.4 is 10.2 Å². The number of rotatable bonds is 8. The Morgan fingerprint density at radius 2 is 1.71 bits per heavy atom. The first-order valence-corrected chi connectivity index (χ1v) is 13.9. The van der Waals surface area contributed by atoms with Crippen molar-refractivity contribution in [3.63, 3.8) is 0 Å². The largest absolute Gasteiger partial charge is 0.508 e. The van der Waals surface area contributed by atoms with Gasteiger partial charge in [0.2, 0.25) is 5.28 Å². The molecule has 0 unspecified atom stereocenters. The van der Waals surface area contributed by atoms with E-state index in [1.54, 1.807) is 29.3 Å². The zero-order valence-corrected chi connectivity index (χ0v) is 23.5. The molecule has 2 heterocycles. The number of hydrogen-bond donors (Lipinski definition) is 3. The first-order valence-electron chi connectivity index (χ1n) is 12.6. The molecule has 41 heavy (non-hydrogen) atoms. The van der Waals surface area contributed by atoms with Gasteiger partial charge in [0.25, 0.3) is 11.8 Å². The normalized spacial score (nSPS) is 10.8. The van der Waals surface area contributed by atoms with E-state index >= 15 is 0 Å². The molecule has 3 aromatic carbocycles. The van der Waals surface area contributed by atoms with E-state index in [2.05, 4.69) is 15.3 Å². The summed E-state index contributed by atoms with van der Waals surface area (Å²) >= 11 is 7.39. The Bertz CT molecular complexity index is 1690. The number of aryl methyl sites for hydroxylation is 1. The quantitative estimate of drug-likeness (QED) is 0.183. The van der Waals surface area contributed by atoms with E-state index in [1.165, 1.54) is 23.5 Å². The number of phenols is 2. The Morgan fingerprint density at radius 1 is 0.976 bits per heavy atom. The molecule has 3 N–H and O–H groups in total. The number of hydrogen-bond acceptors (Lipinski definition) is 7. The van der Waals surface area contributed by atoms with Crippen LogP contribution in [0.4, 0.5) is 5.69 Å². The Hall–Kier alpha value is -4.73. The molecule has 10 heteroatoms. The average Bonchev–Trinajstić information content (AvgIpc) is 3.52. The molecule has 0 radical (unpaired) electrons. The highest BCUT2D eigenvalue weighted by atomic mass is 35.5. The molecule has 5 rings (SSSR count). The summed E-state index contributed by atoms with van der Waals surface area (Å²) in [6.07, 6.45) is 1.65. The van der Waals surface area contributed by atoms with Crippen LogP contribution in [0.3, 0.4) is 0 Å². The molecule has 8 nitrogen and oxygen atoms in total. The Balaban J connectivity index is 1.39. The van der Waals surface area contributed by atoms with E-state index < -0.39 is 5.91 Å². The number of amides is 2. The van der Waals surface area contributed by atoms with Crippen molar-refractivity contribution in [3.05, 3.63) is 123 Å². The lowest BCUT2D eigenvalue weighted by Gasteiger charge is -2.24. The van der Waals surface area contributed by atoms with Gasteiger partial charge in [0.05, 0.1) is 22.7 Å². The highest BCUT2D eigenvalue weighted by molar-refractivity contribution is 7.12. The number of aromatic nitrogens is 2. The van der Waals surface area contributed by atoms with Gasteiger partial charge in [-0.05, 0) is 70.9 Å². The minimum absolute atomic E-state index is 0.0539. The topological polar surface area (TPSA) is 116 Å². The second-order valence-corrected chi connectivity index (χ2v) is 10.6. The maximum atomic E-state index is 13.7. The van der Waals surface area contributed by atoms with Crippen molar-refractivity contribution in [2.24, 2.45) is 0 Å². The molecule has 2 amide bonds. The molecule has 0 spiro atoms. The second kappa shape index (κ2) is 12.2. The predicted octanol–water partition coefficient (Wildman–Crippen LogP) is 6.36. The van der Waals surface area contributed by atoms with Crippen molar-refractivity contribution in [2.75, 3.05) is 4.90 Å². The highest BCUT2D eigenvalue weighted by Crippen LogP contribution is 2.30. The predicted molar refractivity (Wildman–Crippen MR) is 159 cm³/mol. The number of nitrogens with one attached hydrogen (secondary N) is 1. The molecule has 0 aliphatic heterocycles. The zero-order chi connectivity index (χ0) is 28.9. The Morgan fingerprint density at radius 3 is 2.39 bits per heavy atom. The lowest BCUT2D eigenvalue weighted by Crippen LogP contribution is -2.30. The molecular formula is C31H25ClN4O4S. The van der Waals surface area contributed by atoms with E-state index in [0.717, 1.165) is 28.3 Å². The van der Waals surface area contributed by atoms with Gasteiger partial charge in [-0.3, -0.25) is 9.59 Å². The summed E-state index contributed by atoms with van der Waals surface area (Å²) in [4.78, 5) is 36.5. The van der Waals surface area contributed by atoms with Crippen LogP contribution in [0.15, 0.2) is 90.4 Å². The summed E-state index contributed by atoms with van der Waals surface area (Å²) in [5.41, 5.74) is 4.76. The molecule has 5 aromatic rings. The van der Waals surface area contributed by atoms with Gasteiger partial charge in [-0.25, -0.2) is 9.97 Å². The first-order chi connectivity index (χ1) is 19.8. The van der Waals surface area contributed by atoms with Crippen LogP contribution in [-0.4, -0.2) is 32.0 Å². The first kappa shape index (κ1) is 27.8. The molecular weight excluding hydrogens is 560 g/mol. The number of carbonyl (C=O) groups is 2. The number of carbonyl (C=O) groups excluding carboxylic acids is 2. The number of thiophene rings is 1. The maximum absolute atomic E-state index is 13.7. The third kappa shape index (κ3) is 6.54. The van der Waals surface area contributed by atoms with E-state index in [0.29, 0.717) is 22.8 Å². The standard InChI is InChI=1S/C31H25ClN4O4S/c1-19-16-34-31(32)35-28(19)22-8-10-23(11-9-22)36(30(40)25-13-12-24(37)15-26(25)38)18-21-6-4-20(5-7-21)17-33-29(39)27-3-2-14-41-27/h2-16,37-38H,17-18H2,1H3,(H,33,39). The third-order valence-corrected chi connectivity index (χ3v) is 7.46. The van der Waals surface area contributed by atoms with Gasteiger partial charge in [0.1, 0.15) is 11.5 Å². The van der Waals surface area contributed by atoms with Crippen LogP contribution in [0.25, 0.3) is 11.3 Å². The number of phenolic OH excluding ortho intramolecular Hbond substituents is 2. The smallest absolute Gasteiger partial charge is 0.262 e. The Kier molecular flexibility index (Phi) is 8.28. The molecule has 0 fully saturated rings. The van der Waals surface area contributed by atoms with Gasteiger partial charge in [0, 0.05) is 30.1 Å². The number of anilines is 1. The van der Waals surface area contributed by atoms with E-state index in [9.17, 15) is 19.8 Å². The van der Waals surface area contributed by atoms with Crippen LogP contribution in [0.1, 0.15) is 36.7 Å². The van der Waals surface area contributed by atoms with E-state index in [1.807, 2.05) is 54.8 Å². The lowest BCUT2D eigenvalue weighted by molar-refractivity contribution is 0.0952. The third-order valence-electron chi connectivity index (χ3n) is 6.41. The number of halogens is 1. The van der Waals surface area contributed by atoms with E-state index in [-0.39, 0.29) is 34.8 Å². The van der Waals surface area contributed by atoms with E-state index in [4.69, 9.17) is 11.6 Å². The highest BCUT2D eigenvalue weighted by Gasteiger charge is 2.22. The van der Waals surface area contributed by atoms with Crippen molar-refractivity contribution in [3.8, 4) is 22.8 Å². The van der Waals surface area contributed by atoms with Gasteiger partial charge in [-0.2, -0.15) is 0 Å². The molecule has 0 atom stereocenters. The van der Waals surface area contributed by atoms with Gasteiger partial charge < -0.3 is 20.4 Å². The van der Waals surface area contributed by atoms with Crippen LogP contribution in [0.2, 0.25) is 5.28 Å². The molecule has 0 aliphatic carbocycles. The van der Waals surface area contributed by atoms with Crippen molar-refractivity contribution < 1.29 is 19.8 Å². The van der Waals surface area contributed by atoms with Gasteiger partial charge in [-0.1, -0.05) is 42.5 Å². The van der Waals surface area contributed by atoms with Crippen molar-refractivity contribution in [1.29, 1.82) is 0 Å². The fourth-order valence-corrected chi connectivity index (χ4v) is 5.03. The summed E-state index contributed by atoms with van der Waals surface area (Å²) in [6, 6.07) is 22.4. The number of benzene rings is 3. The molecule has 2 aromatic heterocycles. The van der Waals surface area contributed by atoms with Gasteiger partial charge >= 0.3 is 0 Å². The summed E-state index contributed by atoms with van der Waals surface area (Å²) in [7, 11) is 0. The SMILES string of the molecule is Cc1cnc(Cl)nc1-c1ccc(N(Cc2ccc(CNC(=O)c3cccs3)cc2)C(=O)c2ccc(O)cc2O)cc1. The summed E-state index contributed by atoms with van der Waals surface area (Å²) in [6.45, 7) is 2.47. The van der Waals surface area contributed by atoms with Crippen LogP contribution >= 0.6 is 22.9 Å². The van der Waals surface area contributed by atoms with Crippen molar-refractivity contribution >= 4 is 40.4 Å². The average molecular weight is 585 g/mol. The molecule has 206 valence electrons. The second-order valence-electron chi connectivity index (χ2n) is 9.29. The fourth-order valence-electron chi connectivity index (χ4n) is 4.26. The van der Waals surface area contributed by atoms with Crippen molar-refractivity contribution in [2.45, 2.75) is 20.0 Å². The van der Waals surface area contributed by atoms with Gasteiger partial charge in [-0.15, -0.1) is 11.3 Å². The van der Waals surface area contributed by atoms with Crippen LogP contribution in [0, 0.1) is 6.92 Å². The monoisotopic (exact) mass is 584 g/mol. The fraction of sp³-hybridized carbons (Fsp3) is 0.0968. The summed E-state index contributed by atoms with van der Waals surface area (Å²) in [5.74, 6) is -1.03. The molecule has 0 saturated carbocycles. The molecule has 0 aliphatic rings. The number of aromatic hydroxyl groups is 2. The molecule has 0 saturated heterocycles. The summed E-state index contributed by atoms with van der Waals surface area (Å²) in [5, 5.41) is 25.0. The zero-order valence-electron chi connectivity index (χ0n) is 21.9. The summed E-state index contributed by atoms with van der Waals surface area (Å²) < 4.78 is 0. The minimum Gasteiger partial charge on any atom is -0.508 e. The van der Waals surface area contributed by atoms with Crippen LogP contribution in [-0.2, 0) is 13.1 Å². The maximum Gasteiger partial charge on any atom is 0.262 e. The minimum atomic E-state index is -0.441. The Labute approximate surface area is 245 Å². The van der Waals surface area contributed by atoms with Crippen molar-refractivity contribution in [1.82, 2.24) is 15.3 Å². The van der Waals surface area contributed by atoms with Gasteiger partial charge in [0.15, 0.2) is 0 Å². The molecule has 0 bridgehead atoms. The van der Waals surface area contributed by atoms with Crippen LogP contribution in [0.5, 0.6) is 11.5 Å². The lowest BCUT2D eigenvalue weighted by atomic mass is 10.1. The number of nitrogens with zero attached hydrogens (tertiary/aromatic N) is 3.